The van der Waals surface area contributed by atoms with Gasteiger partial charge in [-0.2, -0.15) is 0 Å². The Morgan fingerprint density at radius 2 is 1.79 bits per heavy atom. The zero-order valence-corrected chi connectivity index (χ0v) is 22.3. The average molecular weight is 515 g/mol. The predicted octanol–water partition coefficient (Wildman–Crippen LogP) is 5.10. The molecule has 0 bridgehead atoms. The van der Waals surface area contributed by atoms with Crippen LogP contribution >= 0.6 is 0 Å². The fourth-order valence-electron chi connectivity index (χ4n) is 5.65. The lowest BCUT2D eigenvalue weighted by molar-refractivity contribution is -0.149. The summed E-state index contributed by atoms with van der Waals surface area (Å²) in [5.74, 6) is 0.360. The van der Waals surface area contributed by atoms with Crippen molar-refractivity contribution in [3.63, 3.8) is 0 Å². The number of rotatable bonds is 7. The van der Waals surface area contributed by atoms with Crippen LogP contribution in [0.25, 0.3) is 22.4 Å². The van der Waals surface area contributed by atoms with Crippen molar-refractivity contribution in [2.24, 2.45) is 11.7 Å². The molecule has 1 unspecified atom stereocenters. The second-order valence-electron chi connectivity index (χ2n) is 11.1. The molecule has 2 fully saturated rings. The quantitative estimate of drug-likeness (QED) is 0.405. The van der Waals surface area contributed by atoms with Crippen molar-refractivity contribution in [2.45, 2.75) is 63.9 Å². The van der Waals surface area contributed by atoms with Crippen LogP contribution in [-0.2, 0) is 15.1 Å². The molecule has 2 aromatic carbocycles. The van der Waals surface area contributed by atoms with Crippen LogP contribution in [-0.4, -0.2) is 46.5 Å². The minimum Gasteiger partial charge on any atom is -0.356 e. The number of aliphatic hydroxyl groups excluding tert-OH is 1. The van der Waals surface area contributed by atoms with Crippen molar-refractivity contribution in [3.8, 4) is 22.4 Å². The van der Waals surface area contributed by atoms with Crippen molar-refractivity contribution >= 4 is 11.6 Å². The van der Waals surface area contributed by atoms with E-state index in [4.69, 9.17) is 15.5 Å². The highest BCUT2D eigenvalue weighted by Crippen LogP contribution is 2.34. The highest BCUT2D eigenvalue weighted by molar-refractivity contribution is 5.92. The van der Waals surface area contributed by atoms with E-state index in [2.05, 4.69) is 29.6 Å². The van der Waals surface area contributed by atoms with Gasteiger partial charge in [-0.25, -0.2) is 0 Å². The molecule has 1 saturated carbocycles. The molecule has 0 spiro atoms. The standard InChI is InChI=1S/C31H38N4O3/c1-31(2,32)24-12-10-23(11-13-24)29-27(22-6-4-3-5-7-22)19-25(20-33-29)34-28(36)18-21-8-14-26(15-9-21)35-16-17-38-30(35)37/h3-7,10-13,19-21,26,30,37H,8-9,14-18,32H2,1-2H3,(H,34,36)/t21-,26-,30?. The maximum Gasteiger partial charge on any atom is 0.224 e. The Kier molecular flexibility index (Phi) is 7.91. The molecule has 1 atom stereocenters. The minimum atomic E-state index is -0.778. The van der Waals surface area contributed by atoms with E-state index >= 15 is 0 Å². The molecule has 1 amide bonds. The number of aromatic nitrogens is 1. The summed E-state index contributed by atoms with van der Waals surface area (Å²) in [6.07, 6.45) is 5.36. The Morgan fingerprint density at radius 1 is 1.08 bits per heavy atom. The Morgan fingerprint density at radius 3 is 2.42 bits per heavy atom. The van der Waals surface area contributed by atoms with Crippen LogP contribution in [0.5, 0.6) is 0 Å². The first-order valence-electron chi connectivity index (χ1n) is 13.6. The summed E-state index contributed by atoms with van der Waals surface area (Å²) in [5, 5.41) is 13.1. The van der Waals surface area contributed by atoms with Gasteiger partial charge in [0.2, 0.25) is 12.3 Å². The zero-order chi connectivity index (χ0) is 26.7. The molecule has 38 heavy (non-hydrogen) atoms. The first-order valence-corrected chi connectivity index (χ1v) is 13.6. The smallest absolute Gasteiger partial charge is 0.224 e. The maximum atomic E-state index is 13.0. The molecule has 1 saturated heterocycles. The first kappa shape index (κ1) is 26.5. The van der Waals surface area contributed by atoms with Crippen molar-refractivity contribution in [1.29, 1.82) is 0 Å². The van der Waals surface area contributed by atoms with Gasteiger partial charge in [0.25, 0.3) is 0 Å². The molecular formula is C31H38N4O3. The predicted molar refractivity (Wildman–Crippen MR) is 150 cm³/mol. The van der Waals surface area contributed by atoms with Crippen molar-refractivity contribution in [3.05, 3.63) is 72.4 Å². The van der Waals surface area contributed by atoms with Gasteiger partial charge >= 0.3 is 0 Å². The lowest BCUT2D eigenvalue weighted by Gasteiger charge is -2.35. The van der Waals surface area contributed by atoms with Gasteiger partial charge in [0.15, 0.2) is 0 Å². The van der Waals surface area contributed by atoms with Crippen LogP contribution in [0.1, 0.15) is 51.5 Å². The van der Waals surface area contributed by atoms with E-state index in [9.17, 15) is 9.90 Å². The highest BCUT2D eigenvalue weighted by atomic mass is 16.6. The number of amides is 1. The number of anilines is 1. The molecule has 4 N–H and O–H groups in total. The molecule has 200 valence electrons. The van der Waals surface area contributed by atoms with E-state index in [1.165, 1.54) is 0 Å². The molecule has 1 aliphatic carbocycles. The molecule has 5 rings (SSSR count). The monoisotopic (exact) mass is 514 g/mol. The summed E-state index contributed by atoms with van der Waals surface area (Å²) >= 11 is 0. The van der Waals surface area contributed by atoms with Gasteiger partial charge in [-0.3, -0.25) is 14.7 Å². The second-order valence-corrected chi connectivity index (χ2v) is 11.1. The number of nitrogens with zero attached hydrogens (tertiary/aromatic N) is 2. The van der Waals surface area contributed by atoms with Crippen molar-refractivity contribution < 1.29 is 14.6 Å². The fraction of sp³-hybridized carbons (Fsp3) is 0.419. The van der Waals surface area contributed by atoms with Gasteiger partial charge in [-0.15, -0.1) is 0 Å². The van der Waals surface area contributed by atoms with Gasteiger partial charge in [-0.05, 0) is 62.6 Å². The number of benzene rings is 2. The number of carbonyl (C=O) groups excluding carboxylic acids is 1. The van der Waals surface area contributed by atoms with E-state index < -0.39 is 12.0 Å². The topological polar surface area (TPSA) is 101 Å². The SMILES string of the molecule is CC(C)(N)c1ccc(-c2ncc(NC(=O)C[C@H]3CC[C@H](N4CCOC4O)CC3)cc2-c2ccccc2)cc1. The number of nitrogens with two attached hydrogens (primary N) is 1. The van der Waals surface area contributed by atoms with Crippen LogP contribution in [0.3, 0.4) is 0 Å². The van der Waals surface area contributed by atoms with E-state index in [1.54, 1.807) is 6.20 Å². The molecular weight excluding hydrogens is 476 g/mol. The second kappa shape index (κ2) is 11.3. The largest absolute Gasteiger partial charge is 0.356 e. The van der Waals surface area contributed by atoms with Crippen LogP contribution in [0.15, 0.2) is 66.9 Å². The Bertz CT molecular complexity index is 1230. The van der Waals surface area contributed by atoms with Crippen LogP contribution in [0.4, 0.5) is 5.69 Å². The van der Waals surface area contributed by atoms with Crippen molar-refractivity contribution in [1.82, 2.24) is 9.88 Å². The lowest BCUT2D eigenvalue weighted by Crippen LogP contribution is -2.41. The molecule has 2 aliphatic rings. The van der Waals surface area contributed by atoms with E-state index in [0.717, 1.165) is 60.2 Å². The lowest BCUT2D eigenvalue weighted by atomic mass is 9.83. The third kappa shape index (κ3) is 6.13. The van der Waals surface area contributed by atoms with Crippen LogP contribution in [0, 0.1) is 5.92 Å². The zero-order valence-electron chi connectivity index (χ0n) is 22.3. The number of ether oxygens (including phenoxy) is 1. The van der Waals surface area contributed by atoms with Crippen LogP contribution < -0.4 is 11.1 Å². The number of carbonyl (C=O) groups is 1. The Balaban J connectivity index is 1.28. The number of pyridine rings is 1. The van der Waals surface area contributed by atoms with Crippen molar-refractivity contribution in [2.75, 3.05) is 18.5 Å². The van der Waals surface area contributed by atoms with E-state index in [-0.39, 0.29) is 5.91 Å². The molecule has 1 aromatic heterocycles. The van der Waals surface area contributed by atoms with E-state index in [0.29, 0.717) is 30.7 Å². The molecule has 1 aliphatic heterocycles. The van der Waals surface area contributed by atoms with Crippen LogP contribution in [0.2, 0.25) is 0 Å². The number of hydrogen-bond donors (Lipinski definition) is 3. The molecule has 7 nitrogen and oxygen atoms in total. The number of nitrogens with one attached hydrogen (secondary N) is 1. The van der Waals surface area contributed by atoms with Gasteiger partial charge in [0.1, 0.15) is 0 Å². The summed E-state index contributed by atoms with van der Waals surface area (Å²) in [5.41, 5.74) is 11.5. The maximum absolute atomic E-state index is 13.0. The van der Waals surface area contributed by atoms with Gasteiger partial charge in [-0.1, -0.05) is 54.6 Å². The highest BCUT2D eigenvalue weighted by Gasteiger charge is 2.33. The molecule has 2 heterocycles. The number of hydrogen-bond acceptors (Lipinski definition) is 6. The van der Waals surface area contributed by atoms with Gasteiger partial charge in [0, 0.05) is 35.7 Å². The third-order valence-corrected chi connectivity index (χ3v) is 7.82. The first-order chi connectivity index (χ1) is 18.3. The Hall–Kier alpha value is -3.10. The molecule has 0 radical (unpaired) electrons. The summed E-state index contributed by atoms with van der Waals surface area (Å²) in [6, 6.07) is 20.7. The summed E-state index contributed by atoms with van der Waals surface area (Å²) in [4.78, 5) is 19.8. The van der Waals surface area contributed by atoms with Gasteiger partial charge in [0.05, 0.1) is 24.2 Å². The summed E-state index contributed by atoms with van der Waals surface area (Å²) in [7, 11) is 0. The average Bonchev–Trinajstić information content (AvgIpc) is 3.35. The molecule has 3 aromatic rings. The third-order valence-electron chi connectivity index (χ3n) is 7.82. The Labute approximate surface area is 225 Å². The summed E-state index contributed by atoms with van der Waals surface area (Å²) in [6.45, 7) is 5.34. The minimum absolute atomic E-state index is 0.0149. The number of aliphatic hydroxyl groups is 1. The van der Waals surface area contributed by atoms with Gasteiger partial charge < -0.3 is 20.9 Å². The summed E-state index contributed by atoms with van der Waals surface area (Å²) < 4.78 is 5.28. The molecule has 7 heteroatoms. The fourth-order valence-corrected chi connectivity index (χ4v) is 5.65. The normalized spacial score (nSPS) is 22.4. The van der Waals surface area contributed by atoms with E-state index in [1.807, 2.05) is 55.1 Å².